The number of ether oxygens (including phenoxy) is 1. The van der Waals surface area contributed by atoms with Crippen LogP contribution in [0.5, 0.6) is 0 Å². The second-order valence-electron chi connectivity index (χ2n) is 1.95. The van der Waals surface area contributed by atoms with Gasteiger partial charge in [0.2, 0.25) is 0 Å². The molecule has 0 amide bonds. The van der Waals surface area contributed by atoms with Gasteiger partial charge in [-0.25, -0.2) is 0 Å². The van der Waals surface area contributed by atoms with Crippen LogP contribution in [0.4, 0.5) is 0 Å². The zero-order valence-electron chi connectivity index (χ0n) is 4.90. The molecule has 0 aromatic carbocycles. The van der Waals surface area contributed by atoms with Gasteiger partial charge in [0.25, 0.3) is 0 Å². The Morgan fingerprint density at radius 2 is 2.38 bits per heavy atom. The van der Waals surface area contributed by atoms with Gasteiger partial charge in [-0.1, -0.05) is 5.92 Å². The zero-order valence-corrected chi connectivity index (χ0v) is 4.90. The highest BCUT2D eigenvalue weighted by molar-refractivity contribution is 5.16. The Bertz CT molecular complexity index is 115. The van der Waals surface area contributed by atoms with Crippen molar-refractivity contribution in [2.45, 2.75) is 5.60 Å². The third-order valence-electron chi connectivity index (χ3n) is 1.47. The van der Waals surface area contributed by atoms with Crippen LogP contribution in [-0.4, -0.2) is 25.8 Å². The highest BCUT2D eigenvalue weighted by atomic mass is 16.5. The molecular formula is C6H9NO. The van der Waals surface area contributed by atoms with Gasteiger partial charge in [-0.2, -0.15) is 0 Å². The van der Waals surface area contributed by atoms with Crippen molar-refractivity contribution in [1.29, 1.82) is 0 Å². The summed E-state index contributed by atoms with van der Waals surface area (Å²) in [5, 5.41) is 3.04. The standard InChI is InChI=1S/C6H9NO/c1-3-6(8-2)4-7-5-6/h1,7H,4-5H2,2H3. The number of terminal acetylenes is 1. The molecule has 0 aliphatic carbocycles. The van der Waals surface area contributed by atoms with Crippen LogP contribution in [-0.2, 0) is 4.74 Å². The molecule has 1 saturated heterocycles. The molecule has 0 bridgehead atoms. The minimum Gasteiger partial charge on any atom is -0.363 e. The molecule has 44 valence electrons. The lowest BCUT2D eigenvalue weighted by Crippen LogP contribution is -2.59. The lowest BCUT2D eigenvalue weighted by Gasteiger charge is -2.36. The molecule has 8 heavy (non-hydrogen) atoms. The molecule has 0 atom stereocenters. The van der Waals surface area contributed by atoms with Gasteiger partial charge in [-0.15, -0.1) is 6.42 Å². The van der Waals surface area contributed by atoms with Gasteiger partial charge in [0, 0.05) is 20.2 Å². The Morgan fingerprint density at radius 1 is 1.75 bits per heavy atom. The van der Waals surface area contributed by atoms with Crippen molar-refractivity contribution in [2.75, 3.05) is 20.2 Å². The summed E-state index contributed by atoms with van der Waals surface area (Å²) in [5.41, 5.74) is -0.278. The molecule has 1 N–H and O–H groups in total. The van der Waals surface area contributed by atoms with Gasteiger partial charge < -0.3 is 10.1 Å². The molecule has 0 spiro atoms. The smallest absolute Gasteiger partial charge is 0.152 e. The minimum absolute atomic E-state index is 0.278. The molecule has 0 unspecified atom stereocenters. The van der Waals surface area contributed by atoms with Crippen molar-refractivity contribution < 1.29 is 4.74 Å². The Labute approximate surface area is 49.2 Å². The van der Waals surface area contributed by atoms with Crippen molar-refractivity contribution in [1.82, 2.24) is 5.32 Å². The highest BCUT2D eigenvalue weighted by Crippen LogP contribution is 2.12. The van der Waals surface area contributed by atoms with Crippen molar-refractivity contribution in [3.63, 3.8) is 0 Å². The average Bonchev–Trinajstić information content (AvgIpc) is 1.67. The molecule has 1 aliphatic heterocycles. The number of methoxy groups -OCH3 is 1. The second-order valence-corrected chi connectivity index (χ2v) is 1.95. The summed E-state index contributed by atoms with van der Waals surface area (Å²) in [7, 11) is 1.64. The highest BCUT2D eigenvalue weighted by Gasteiger charge is 2.34. The number of nitrogens with one attached hydrogen (secondary N) is 1. The van der Waals surface area contributed by atoms with E-state index in [1.165, 1.54) is 0 Å². The maximum absolute atomic E-state index is 5.16. The quantitative estimate of drug-likeness (QED) is 0.465. The van der Waals surface area contributed by atoms with Crippen LogP contribution in [0.2, 0.25) is 0 Å². The van der Waals surface area contributed by atoms with Crippen molar-refractivity contribution in [3.05, 3.63) is 0 Å². The van der Waals surface area contributed by atoms with E-state index in [0.29, 0.717) is 0 Å². The van der Waals surface area contributed by atoms with Gasteiger partial charge >= 0.3 is 0 Å². The zero-order chi connectivity index (χ0) is 6.04. The van der Waals surface area contributed by atoms with Crippen LogP contribution in [0, 0.1) is 12.3 Å². The number of hydrogen-bond donors (Lipinski definition) is 1. The lowest BCUT2D eigenvalue weighted by molar-refractivity contribution is -0.00109. The molecular weight excluding hydrogens is 102 g/mol. The Kier molecular flexibility index (Phi) is 1.24. The van der Waals surface area contributed by atoms with Crippen LogP contribution >= 0.6 is 0 Å². The predicted octanol–water partition coefficient (Wildman–Crippen LogP) is -0.392. The first-order valence-electron chi connectivity index (χ1n) is 2.57. The molecule has 0 aromatic rings. The monoisotopic (exact) mass is 111 g/mol. The SMILES string of the molecule is C#CC1(OC)CNC1. The Morgan fingerprint density at radius 3 is 2.38 bits per heavy atom. The molecule has 1 rings (SSSR count). The summed E-state index contributed by atoms with van der Waals surface area (Å²) in [6.45, 7) is 1.58. The van der Waals surface area contributed by atoms with Crippen molar-refractivity contribution >= 4 is 0 Å². The normalized spacial score (nSPS) is 23.5. The first-order valence-corrected chi connectivity index (χ1v) is 2.57. The predicted molar refractivity (Wildman–Crippen MR) is 31.4 cm³/mol. The van der Waals surface area contributed by atoms with E-state index in [4.69, 9.17) is 11.2 Å². The summed E-state index contributed by atoms with van der Waals surface area (Å²) in [6.07, 6.45) is 5.16. The van der Waals surface area contributed by atoms with E-state index in [0.717, 1.165) is 13.1 Å². The Hall–Kier alpha value is -0.520. The van der Waals surface area contributed by atoms with E-state index in [-0.39, 0.29) is 5.60 Å². The van der Waals surface area contributed by atoms with E-state index in [1.807, 2.05) is 0 Å². The first kappa shape index (κ1) is 5.61. The maximum atomic E-state index is 5.16. The largest absolute Gasteiger partial charge is 0.363 e. The minimum atomic E-state index is -0.278. The molecule has 1 aliphatic rings. The second kappa shape index (κ2) is 1.77. The van der Waals surface area contributed by atoms with Crippen LogP contribution < -0.4 is 5.32 Å². The Balaban J connectivity index is 2.49. The molecule has 2 nitrogen and oxygen atoms in total. The van der Waals surface area contributed by atoms with Crippen molar-refractivity contribution in [2.24, 2.45) is 0 Å². The third kappa shape index (κ3) is 0.605. The van der Waals surface area contributed by atoms with Crippen LogP contribution in [0.1, 0.15) is 0 Å². The van der Waals surface area contributed by atoms with Crippen LogP contribution in [0.3, 0.4) is 0 Å². The van der Waals surface area contributed by atoms with Crippen molar-refractivity contribution in [3.8, 4) is 12.3 Å². The van der Waals surface area contributed by atoms with Crippen LogP contribution in [0.15, 0.2) is 0 Å². The van der Waals surface area contributed by atoms with E-state index in [1.54, 1.807) is 7.11 Å². The van der Waals surface area contributed by atoms with Gasteiger partial charge in [-0.05, 0) is 0 Å². The number of hydrogen-bond acceptors (Lipinski definition) is 2. The maximum Gasteiger partial charge on any atom is 0.152 e. The summed E-state index contributed by atoms with van der Waals surface area (Å²) < 4.78 is 5.02. The number of rotatable bonds is 1. The lowest BCUT2D eigenvalue weighted by atomic mass is 9.99. The van der Waals surface area contributed by atoms with Gasteiger partial charge in [0.05, 0.1) is 0 Å². The van der Waals surface area contributed by atoms with Gasteiger partial charge in [0.15, 0.2) is 5.60 Å². The molecule has 1 heterocycles. The fourth-order valence-corrected chi connectivity index (χ4v) is 0.657. The molecule has 0 saturated carbocycles. The van der Waals surface area contributed by atoms with E-state index < -0.39 is 0 Å². The fourth-order valence-electron chi connectivity index (χ4n) is 0.657. The third-order valence-corrected chi connectivity index (χ3v) is 1.47. The van der Waals surface area contributed by atoms with Gasteiger partial charge in [0.1, 0.15) is 0 Å². The van der Waals surface area contributed by atoms with E-state index in [2.05, 4.69) is 11.2 Å². The fraction of sp³-hybridized carbons (Fsp3) is 0.667. The molecule has 0 radical (unpaired) electrons. The van der Waals surface area contributed by atoms with Gasteiger partial charge in [-0.3, -0.25) is 0 Å². The summed E-state index contributed by atoms with van der Waals surface area (Å²) in [6, 6.07) is 0. The molecule has 0 aromatic heterocycles. The summed E-state index contributed by atoms with van der Waals surface area (Å²) >= 11 is 0. The summed E-state index contributed by atoms with van der Waals surface area (Å²) in [4.78, 5) is 0. The van der Waals surface area contributed by atoms with E-state index in [9.17, 15) is 0 Å². The molecule has 2 heteroatoms. The van der Waals surface area contributed by atoms with E-state index >= 15 is 0 Å². The molecule has 1 fully saturated rings. The average molecular weight is 111 g/mol. The first-order chi connectivity index (χ1) is 3.83. The summed E-state index contributed by atoms with van der Waals surface area (Å²) in [5.74, 6) is 2.58. The van der Waals surface area contributed by atoms with Crippen LogP contribution in [0.25, 0.3) is 0 Å². The topological polar surface area (TPSA) is 21.3 Å².